The summed E-state index contributed by atoms with van der Waals surface area (Å²) in [7, 11) is 0. The number of fused-ring (bicyclic) bond motifs is 3. The molecular weight excluding hydrogens is 308 g/mol. The highest BCUT2D eigenvalue weighted by Gasteiger charge is 2.45. The van der Waals surface area contributed by atoms with Gasteiger partial charge in [0, 0.05) is 4.47 Å². The molecule has 0 bridgehead atoms. The molecule has 3 rings (SSSR count). The summed E-state index contributed by atoms with van der Waals surface area (Å²) in [5, 5.41) is 0. The molecule has 104 valence electrons. The second-order valence-corrected chi connectivity index (χ2v) is 7.90. The van der Waals surface area contributed by atoms with Gasteiger partial charge in [-0.1, -0.05) is 73.5 Å². The summed E-state index contributed by atoms with van der Waals surface area (Å²) in [4.78, 5) is 0. The van der Waals surface area contributed by atoms with Crippen LogP contribution < -0.4 is 0 Å². The summed E-state index contributed by atoms with van der Waals surface area (Å²) in [5.74, 6) is 0. The topological polar surface area (TPSA) is 0 Å². The van der Waals surface area contributed by atoms with Gasteiger partial charge in [0.05, 0.1) is 0 Å². The van der Waals surface area contributed by atoms with Crippen LogP contribution in [0.15, 0.2) is 40.9 Å². The molecule has 0 spiro atoms. The smallest absolute Gasteiger partial charge is 0.0178 e. The fraction of sp³-hybridized carbons (Fsp3) is 0.368. The Bertz CT molecular complexity index is 631. The molecule has 0 saturated heterocycles. The van der Waals surface area contributed by atoms with Gasteiger partial charge in [-0.25, -0.2) is 0 Å². The lowest BCUT2D eigenvalue weighted by Gasteiger charge is -2.48. The molecule has 0 heterocycles. The van der Waals surface area contributed by atoms with Gasteiger partial charge in [0.15, 0.2) is 0 Å². The van der Waals surface area contributed by atoms with Crippen molar-refractivity contribution in [3.05, 3.63) is 57.6 Å². The van der Waals surface area contributed by atoms with E-state index in [2.05, 4.69) is 86.9 Å². The number of aryl methyl sites for hydroxylation is 1. The van der Waals surface area contributed by atoms with Crippen molar-refractivity contribution in [1.82, 2.24) is 0 Å². The maximum absolute atomic E-state index is 3.63. The van der Waals surface area contributed by atoms with Crippen LogP contribution >= 0.6 is 15.9 Å². The minimum Gasteiger partial charge on any atom is -0.0587 e. The molecule has 2 aromatic rings. The van der Waals surface area contributed by atoms with E-state index in [0.29, 0.717) is 0 Å². The minimum absolute atomic E-state index is 0.104. The van der Waals surface area contributed by atoms with Gasteiger partial charge in [0.1, 0.15) is 0 Å². The molecule has 0 fully saturated rings. The summed E-state index contributed by atoms with van der Waals surface area (Å²) in [6.07, 6.45) is 0. The first-order valence-electron chi connectivity index (χ1n) is 7.17. The lowest BCUT2D eigenvalue weighted by molar-refractivity contribution is 0.299. The highest BCUT2D eigenvalue weighted by molar-refractivity contribution is 9.10. The number of benzene rings is 2. The third-order valence-corrected chi connectivity index (χ3v) is 5.85. The quantitative estimate of drug-likeness (QED) is 0.556. The Hall–Kier alpha value is -1.08. The highest BCUT2D eigenvalue weighted by Crippen LogP contribution is 2.54. The minimum atomic E-state index is 0.104. The van der Waals surface area contributed by atoms with Crippen LogP contribution in [0.25, 0.3) is 11.1 Å². The predicted octanol–water partition coefficient (Wildman–Crippen LogP) is 5.99. The summed E-state index contributed by atoms with van der Waals surface area (Å²) >= 11 is 3.63. The maximum Gasteiger partial charge on any atom is 0.0178 e. The monoisotopic (exact) mass is 328 g/mol. The van der Waals surface area contributed by atoms with Crippen LogP contribution in [-0.2, 0) is 10.8 Å². The van der Waals surface area contributed by atoms with Gasteiger partial charge in [-0.05, 0) is 52.1 Å². The molecule has 1 heteroatoms. The Morgan fingerprint density at radius 3 is 1.85 bits per heavy atom. The molecule has 2 aromatic carbocycles. The molecule has 0 unspecified atom stereocenters. The van der Waals surface area contributed by atoms with Crippen LogP contribution in [0.3, 0.4) is 0 Å². The lowest BCUT2D eigenvalue weighted by atomic mass is 9.55. The maximum atomic E-state index is 3.63. The van der Waals surface area contributed by atoms with Gasteiger partial charge in [-0.15, -0.1) is 0 Å². The van der Waals surface area contributed by atoms with Crippen LogP contribution in [-0.4, -0.2) is 0 Å². The SMILES string of the molecule is Cc1ccc2c(c1)C(C)(C)C(C)(C)c1cc(Br)ccc1-2. The van der Waals surface area contributed by atoms with E-state index < -0.39 is 0 Å². The molecule has 0 atom stereocenters. The highest BCUT2D eigenvalue weighted by atomic mass is 79.9. The molecule has 0 aliphatic heterocycles. The molecule has 1 aliphatic carbocycles. The van der Waals surface area contributed by atoms with Gasteiger partial charge in [0.2, 0.25) is 0 Å². The Labute approximate surface area is 130 Å². The normalized spacial score (nSPS) is 18.3. The Morgan fingerprint density at radius 2 is 1.25 bits per heavy atom. The number of hydrogen-bond acceptors (Lipinski definition) is 0. The van der Waals surface area contributed by atoms with E-state index >= 15 is 0 Å². The van der Waals surface area contributed by atoms with Crippen molar-refractivity contribution in [2.75, 3.05) is 0 Å². The van der Waals surface area contributed by atoms with Crippen LogP contribution in [0.1, 0.15) is 44.4 Å². The van der Waals surface area contributed by atoms with Crippen molar-refractivity contribution in [3.8, 4) is 11.1 Å². The van der Waals surface area contributed by atoms with Crippen LogP contribution in [0.2, 0.25) is 0 Å². The van der Waals surface area contributed by atoms with E-state index in [1.807, 2.05) is 0 Å². The summed E-state index contributed by atoms with van der Waals surface area (Å²) in [6.45, 7) is 11.7. The molecule has 0 amide bonds. The van der Waals surface area contributed by atoms with Gasteiger partial charge < -0.3 is 0 Å². The van der Waals surface area contributed by atoms with Gasteiger partial charge >= 0.3 is 0 Å². The van der Waals surface area contributed by atoms with Crippen molar-refractivity contribution >= 4 is 15.9 Å². The van der Waals surface area contributed by atoms with E-state index in [-0.39, 0.29) is 10.8 Å². The van der Waals surface area contributed by atoms with Crippen molar-refractivity contribution in [2.24, 2.45) is 0 Å². The van der Waals surface area contributed by atoms with Crippen molar-refractivity contribution in [2.45, 2.75) is 45.4 Å². The standard InChI is InChI=1S/C19H21Br/c1-12-6-8-14-15-9-7-13(20)11-17(15)19(4,5)18(2,3)16(14)10-12/h6-11H,1-5H3. The van der Waals surface area contributed by atoms with E-state index in [9.17, 15) is 0 Å². The van der Waals surface area contributed by atoms with Gasteiger partial charge in [0.25, 0.3) is 0 Å². The van der Waals surface area contributed by atoms with Crippen molar-refractivity contribution in [3.63, 3.8) is 0 Å². The van der Waals surface area contributed by atoms with E-state index in [4.69, 9.17) is 0 Å². The molecule has 0 nitrogen and oxygen atoms in total. The summed E-state index contributed by atoms with van der Waals surface area (Å²) in [5.41, 5.74) is 7.24. The average Bonchev–Trinajstić information content (AvgIpc) is 2.37. The fourth-order valence-corrected chi connectivity index (χ4v) is 3.71. The zero-order valence-corrected chi connectivity index (χ0v) is 14.4. The average molecular weight is 329 g/mol. The third kappa shape index (κ3) is 1.72. The van der Waals surface area contributed by atoms with Gasteiger partial charge in [-0.2, -0.15) is 0 Å². The van der Waals surface area contributed by atoms with E-state index in [0.717, 1.165) is 4.47 Å². The first-order chi connectivity index (χ1) is 9.25. The first-order valence-corrected chi connectivity index (χ1v) is 7.96. The zero-order chi connectivity index (χ0) is 14.7. The number of hydrogen-bond donors (Lipinski definition) is 0. The second kappa shape index (κ2) is 4.21. The molecule has 0 radical (unpaired) electrons. The Kier molecular flexibility index (Phi) is 2.92. The van der Waals surface area contributed by atoms with Gasteiger partial charge in [-0.3, -0.25) is 0 Å². The molecule has 1 aliphatic rings. The lowest BCUT2D eigenvalue weighted by Crippen LogP contribution is -2.43. The van der Waals surface area contributed by atoms with E-state index in [1.54, 1.807) is 0 Å². The summed E-state index contributed by atoms with van der Waals surface area (Å²) in [6, 6.07) is 13.6. The Morgan fingerprint density at radius 1 is 0.750 bits per heavy atom. The number of halogens is 1. The second-order valence-electron chi connectivity index (χ2n) is 6.99. The van der Waals surface area contributed by atoms with Crippen molar-refractivity contribution in [1.29, 1.82) is 0 Å². The van der Waals surface area contributed by atoms with Crippen LogP contribution in [0.5, 0.6) is 0 Å². The first kappa shape index (κ1) is 13.9. The molecule has 20 heavy (non-hydrogen) atoms. The largest absolute Gasteiger partial charge is 0.0587 e. The third-order valence-electron chi connectivity index (χ3n) is 5.36. The zero-order valence-electron chi connectivity index (χ0n) is 12.8. The predicted molar refractivity (Wildman–Crippen MR) is 90.4 cm³/mol. The molecule has 0 N–H and O–H groups in total. The fourth-order valence-electron chi connectivity index (χ4n) is 3.35. The van der Waals surface area contributed by atoms with Crippen LogP contribution in [0, 0.1) is 6.92 Å². The molecule has 0 saturated carbocycles. The van der Waals surface area contributed by atoms with Crippen LogP contribution in [0.4, 0.5) is 0 Å². The Balaban J connectivity index is 2.43. The molecule has 0 aromatic heterocycles. The number of rotatable bonds is 0. The molecular formula is C19H21Br. The summed E-state index contributed by atoms with van der Waals surface area (Å²) < 4.78 is 1.16. The van der Waals surface area contributed by atoms with E-state index in [1.165, 1.54) is 27.8 Å². The van der Waals surface area contributed by atoms with Crippen molar-refractivity contribution < 1.29 is 0 Å².